The van der Waals surface area contributed by atoms with Gasteiger partial charge >= 0.3 is 0 Å². The van der Waals surface area contributed by atoms with Gasteiger partial charge in [-0.25, -0.2) is 0 Å². The van der Waals surface area contributed by atoms with Crippen molar-refractivity contribution in [2.75, 3.05) is 12.4 Å². The Balaban J connectivity index is 2.93. The van der Waals surface area contributed by atoms with E-state index < -0.39 is 10.1 Å². The molecule has 0 saturated heterocycles. The summed E-state index contributed by atoms with van der Waals surface area (Å²) in [7, 11) is -2.59. The Bertz CT molecular complexity index is 679. The second-order valence-electron chi connectivity index (χ2n) is 3.57. The fourth-order valence-electron chi connectivity index (χ4n) is 1.75. The third-order valence-electron chi connectivity index (χ3n) is 2.51. The molecule has 0 radical (unpaired) electrons. The molecule has 0 aliphatic heterocycles. The monoisotopic (exact) mass is 253 g/mol. The van der Waals surface area contributed by atoms with Crippen molar-refractivity contribution in [2.24, 2.45) is 0 Å². The summed E-state index contributed by atoms with van der Waals surface area (Å²) in [5, 5.41) is 13.2. The van der Waals surface area contributed by atoms with Gasteiger partial charge in [-0.3, -0.25) is 4.55 Å². The van der Waals surface area contributed by atoms with Crippen molar-refractivity contribution in [3.05, 3.63) is 30.3 Å². The van der Waals surface area contributed by atoms with Crippen LogP contribution in [0.4, 0.5) is 5.69 Å². The predicted octanol–water partition coefficient (Wildman–Crippen LogP) is 1.83. The molecule has 2 rings (SSSR count). The molecular weight excluding hydrogens is 242 g/mol. The molecule has 0 spiro atoms. The van der Waals surface area contributed by atoms with Gasteiger partial charge in [0.05, 0.1) is 0 Å². The largest absolute Gasteiger partial charge is 0.508 e. The van der Waals surface area contributed by atoms with E-state index in [0.717, 1.165) is 0 Å². The number of anilines is 1. The average Bonchev–Trinajstić information content (AvgIpc) is 2.26. The molecule has 0 heterocycles. The highest BCUT2D eigenvalue weighted by atomic mass is 32.2. The molecule has 0 saturated carbocycles. The van der Waals surface area contributed by atoms with Crippen LogP contribution in [0.1, 0.15) is 0 Å². The molecule has 0 bridgehead atoms. The van der Waals surface area contributed by atoms with Crippen molar-refractivity contribution in [3.63, 3.8) is 0 Å². The van der Waals surface area contributed by atoms with E-state index in [-0.39, 0.29) is 10.6 Å². The summed E-state index contributed by atoms with van der Waals surface area (Å²) in [5.74, 6) is 0.0292. The van der Waals surface area contributed by atoms with Gasteiger partial charge in [0, 0.05) is 23.5 Å². The highest BCUT2D eigenvalue weighted by molar-refractivity contribution is 7.86. The van der Waals surface area contributed by atoms with Crippen molar-refractivity contribution < 1.29 is 18.1 Å². The summed E-state index contributed by atoms with van der Waals surface area (Å²) in [6, 6.07) is 7.12. The first-order chi connectivity index (χ1) is 7.93. The van der Waals surface area contributed by atoms with Crippen LogP contribution >= 0.6 is 0 Å². The summed E-state index contributed by atoms with van der Waals surface area (Å²) < 4.78 is 31.5. The zero-order chi connectivity index (χ0) is 12.6. The van der Waals surface area contributed by atoms with Crippen LogP contribution in [0.15, 0.2) is 35.2 Å². The van der Waals surface area contributed by atoms with Crippen LogP contribution in [0.5, 0.6) is 5.75 Å². The van der Waals surface area contributed by atoms with E-state index in [4.69, 9.17) is 4.55 Å². The first-order valence-electron chi connectivity index (χ1n) is 4.84. The highest BCUT2D eigenvalue weighted by Crippen LogP contribution is 2.31. The molecule has 0 fully saturated rings. The zero-order valence-corrected chi connectivity index (χ0v) is 9.82. The van der Waals surface area contributed by atoms with Crippen LogP contribution in [0.3, 0.4) is 0 Å². The predicted molar refractivity (Wildman–Crippen MR) is 65.0 cm³/mol. The summed E-state index contributed by atoms with van der Waals surface area (Å²) in [6.45, 7) is 0. The second-order valence-corrected chi connectivity index (χ2v) is 4.96. The number of phenols is 1. The molecule has 5 nitrogen and oxygen atoms in total. The highest BCUT2D eigenvalue weighted by Gasteiger charge is 2.15. The first kappa shape index (κ1) is 11.7. The van der Waals surface area contributed by atoms with Crippen molar-refractivity contribution in [1.82, 2.24) is 0 Å². The first-order valence-corrected chi connectivity index (χ1v) is 6.28. The minimum absolute atomic E-state index is 0.0292. The topological polar surface area (TPSA) is 86.6 Å². The fraction of sp³-hybridized carbons (Fsp3) is 0.0909. The number of hydrogen-bond acceptors (Lipinski definition) is 4. The number of phenolic OH excluding ortho intramolecular Hbond substituents is 1. The van der Waals surface area contributed by atoms with Crippen molar-refractivity contribution in [2.45, 2.75) is 4.90 Å². The van der Waals surface area contributed by atoms with Crippen LogP contribution in [0.2, 0.25) is 0 Å². The van der Waals surface area contributed by atoms with Gasteiger partial charge in [0.25, 0.3) is 10.1 Å². The van der Waals surface area contributed by atoms with Crippen LogP contribution in [-0.4, -0.2) is 25.1 Å². The van der Waals surface area contributed by atoms with Gasteiger partial charge in [-0.1, -0.05) is 0 Å². The lowest BCUT2D eigenvalue weighted by Gasteiger charge is -2.09. The molecule has 0 atom stereocenters. The molecule has 0 aromatic heterocycles. The van der Waals surface area contributed by atoms with E-state index >= 15 is 0 Å². The number of fused-ring (bicyclic) bond motifs is 1. The number of hydrogen-bond donors (Lipinski definition) is 3. The SMILES string of the molecule is CNc1ccc(S(=O)(=O)O)c2ccc(O)cc12. The lowest BCUT2D eigenvalue weighted by molar-refractivity contribution is 0.475. The molecular formula is C11H11NO4S. The van der Waals surface area contributed by atoms with E-state index in [1.807, 2.05) is 0 Å². The van der Waals surface area contributed by atoms with E-state index in [9.17, 15) is 13.5 Å². The Morgan fingerprint density at radius 3 is 2.41 bits per heavy atom. The summed E-state index contributed by atoms with van der Waals surface area (Å²) >= 11 is 0. The Morgan fingerprint density at radius 1 is 1.12 bits per heavy atom. The Labute approximate surface area is 98.5 Å². The third kappa shape index (κ3) is 2.04. The lowest BCUT2D eigenvalue weighted by atomic mass is 10.1. The van der Waals surface area contributed by atoms with Crippen LogP contribution in [0, 0.1) is 0 Å². The summed E-state index contributed by atoms with van der Waals surface area (Å²) in [6.07, 6.45) is 0. The lowest BCUT2D eigenvalue weighted by Crippen LogP contribution is -2.00. The van der Waals surface area contributed by atoms with Gasteiger partial charge in [-0.05, 0) is 30.3 Å². The number of aromatic hydroxyl groups is 1. The number of benzene rings is 2. The molecule has 17 heavy (non-hydrogen) atoms. The third-order valence-corrected chi connectivity index (χ3v) is 3.42. The molecule has 3 N–H and O–H groups in total. The minimum Gasteiger partial charge on any atom is -0.508 e. The maximum absolute atomic E-state index is 11.2. The van der Waals surface area contributed by atoms with Crippen molar-refractivity contribution in [3.8, 4) is 5.75 Å². The number of nitrogens with one attached hydrogen (secondary N) is 1. The molecule has 0 amide bonds. The van der Waals surface area contributed by atoms with Crippen LogP contribution in [0.25, 0.3) is 10.8 Å². The minimum atomic E-state index is -4.28. The van der Waals surface area contributed by atoms with Gasteiger partial charge in [0.2, 0.25) is 0 Å². The van der Waals surface area contributed by atoms with Gasteiger partial charge in [-0.2, -0.15) is 8.42 Å². The Kier molecular flexibility index (Phi) is 2.68. The van der Waals surface area contributed by atoms with Crippen LogP contribution in [-0.2, 0) is 10.1 Å². The van der Waals surface area contributed by atoms with Gasteiger partial charge in [0.15, 0.2) is 0 Å². The summed E-state index contributed by atoms with van der Waals surface area (Å²) in [5.41, 5.74) is 0.670. The maximum Gasteiger partial charge on any atom is 0.295 e. The molecule has 90 valence electrons. The second kappa shape index (κ2) is 3.90. The van der Waals surface area contributed by atoms with Gasteiger partial charge in [-0.15, -0.1) is 0 Å². The van der Waals surface area contributed by atoms with E-state index in [2.05, 4.69) is 5.32 Å². The molecule has 2 aromatic carbocycles. The standard InChI is InChI=1S/C11H11NO4S/c1-12-10-4-5-11(17(14,15)16)8-3-2-7(13)6-9(8)10/h2-6,12-13H,1H3,(H,14,15,16). The Hall–Kier alpha value is -1.79. The van der Waals surface area contributed by atoms with Crippen molar-refractivity contribution >= 4 is 26.6 Å². The summed E-state index contributed by atoms with van der Waals surface area (Å²) in [4.78, 5) is -0.175. The molecule has 0 unspecified atom stereocenters. The molecule has 0 aliphatic carbocycles. The average molecular weight is 253 g/mol. The van der Waals surface area contributed by atoms with Crippen molar-refractivity contribution in [1.29, 1.82) is 0 Å². The molecule has 2 aromatic rings. The molecule has 0 aliphatic rings. The molecule has 6 heteroatoms. The smallest absolute Gasteiger partial charge is 0.295 e. The quantitative estimate of drug-likeness (QED) is 0.711. The maximum atomic E-state index is 11.2. The van der Waals surface area contributed by atoms with Crippen LogP contribution < -0.4 is 5.32 Å². The Morgan fingerprint density at radius 2 is 1.82 bits per heavy atom. The normalized spacial score (nSPS) is 11.6. The van der Waals surface area contributed by atoms with Gasteiger partial charge in [0.1, 0.15) is 10.6 Å². The zero-order valence-electron chi connectivity index (χ0n) is 9.01. The van der Waals surface area contributed by atoms with E-state index in [1.165, 1.54) is 30.3 Å². The number of rotatable bonds is 2. The van der Waals surface area contributed by atoms with E-state index in [1.54, 1.807) is 7.05 Å². The van der Waals surface area contributed by atoms with Gasteiger partial charge < -0.3 is 10.4 Å². The van der Waals surface area contributed by atoms with E-state index in [0.29, 0.717) is 16.5 Å². The fourth-order valence-corrected chi connectivity index (χ4v) is 2.45.